The van der Waals surface area contributed by atoms with Crippen LogP contribution in [0.5, 0.6) is 0 Å². The summed E-state index contributed by atoms with van der Waals surface area (Å²) in [6.45, 7) is 7.89. The van der Waals surface area contributed by atoms with Crippen molar-refractivity contribution in [3.05, 3.63) is 11.6 Å². The van der Waals surface area contributed by atoms with Crippen LogP contribution in [-0.4, -0.2) is 12.1 Å². The number of esters is 1. The molecule has 0 aromatic heterocycles. The largest absolute Gasteiger partial charge is 0.459 e. The molecule has 0 radical (unpaired) electrons. The molecule has 0 saturated heterocycles. The van der Waals surface area contributed by atoms with Gasteiger partial charge in [-0.1, -0.05) is 32.8 Å². The minimum atomic E-state index is -0.166. The van der Waals surface area contributed by atoms with Gasteiger partial charge in [0.15, 0.2) is 0 Å². The first-order chi connectivity index (χ1) is 7.15. The van der Waals surface area contributed by atoms with Crippen molar-refractivity contribution in [2.24, 2.45) is 0 Å². The smallest absolute Gasteiger partial charge is 0.333 e. The van der Waals surface area contributed by atoms with Gasteiger partial charge in [-0.2, -0.15) is 0 Å². The topological polar surface area (TPSA) is 26.3 Å². The molecule has 1 atom stereocenters. The fourth-order valence-corrected chi connectivity index (χ4v) is 1.33. The van der Waals surface area contributed by atoms with Gasteiger partial charge in [0.25, 0.3) is 0 Å². The maximum Gasteiger partial charge on any atom is 0.333 e. The number of ether oxygens (including phenoxy) is 1. The SMILES string of the molecule is C/C=C(\C)C(=O)OC(CC)CCCCC. The molecule has 1 unspecified atom stereocenters. The molecule has 0 saturated carbocycles. The van der Waals surface area contributed by atoms with Gasteiger partial charge < -0.3 is 4.74 Å². The van der Waals surface area contributed by atoms with Crippen LogP contribution >= 0.6 is 0 Å². The minimum Gasteiger partial charge on any atom is -0.459 e. The van der Waals surface area contributed by atoms with Crippen LogP contribution in [0.1, 0.15) is 59.8 Å². The number of carbonyl (C=O) groups excluding carboxylic acids is 1. The van der Waals surface area contributed by atoms with E-state index in [1.165, 1.54) is 12.8 Å². The third-order valence-corrected chi connectivity index (χ3v) is 2.61. The zero-order chi connectivity index (χ0) is 11.7. The van der Waals surface area contributed by atoms with Crippen molar-refractivity contribution in [3.63, 3.8) is 0 Å². The van der Waals surface area contributed by atoms with Crippen LogP contribution in [0.4, 0.5) is 0 Å². The third kappa shape index (κ3) is 6.32. The molecular formula is C13H24O2. The lowest BCUT2D eigenvalue weighted by Gasteiger charge is -2.16. The molecule has 0 N–H and O–H groups in total. The molecule has 0 fully saturated rings. The van der Waals surface area contributed by atoms with E-state index in [1.807, 2.05) is 6.92 Å². The second-order valence-electron chi connectivity index (χ2n) is 3.90. The van der Waals surface area contributed by atoms with Crippen molar-refractivity contribution in [2.75, 3.05) is 0 Å². The second kappa shape index (κ2) is 8.51. The highest BCUT2D eigenvalue weighted by molar-refractivity contribution is 5.87. The van der Waals surface area contributed by atoms with Gasteiger partial charge in [-0.3, -0.25) is 0 Å². The highest BCUT2D eigenvalue weighted by Gasteiger charge is 2.12. The Hall–Kier alpha value is -0.790. The minimum absolute atomic E-state index is 0.0962. The predicted molar refractivity (Wildman–Crippen MR) is 63.7 cm³/mol. The standard InChI is InChI=1S/C13H24O2/c1-5-8-9-10-12(7-3)15-13(14)11(4)6-2/h6,12H,5,7-10H2,1-4H3/b11-6+. The molecule has 0 aliphatic rings. The Labute approximate surface area is 93.7 Å². The maximum atomic E-state index is 11.5. The Kier molecular flexibility index (Phi) is 8.06. The normalized spacial score (nSPS) is 13.7. The molecule has 0 amide bonds. The highest BCUT2D eigenvalue weighted by atomic mass is 16.5. The Morgan fingerprint density at radius 3 is 2.47 bits per heavy atom. The van der Waals surface area contributed by atoms with Gasteiger partial charge >= 0.3 is 5.97 Å². The molecular weight excluding hydrogens is 188 g/mol. The fourth-order valence-electron chi connectivity index (χ4n) is 1.33. The molecule has 2 nitrogen and oxygen atoms in total. The van der Waals surface area contributed by atoms with Crippen molar-refractivity contribution < 1.29 is 9.53 Å². The van der Waals surface area contributed by atoms with Gasteiger partial charge in [0, 0.05) is 5.57 Å². The summed E-state index contributed by atoms with van der Waals surface area (Å²) in [6.07, 6.45) is 7.37. The number of rotatable bonds is 7. The molecule has 0 aromatic carbocycles. The molecule has 0 aromatic rings. The summed E-state index contributed by atoms with van der Waals surface area (Å²) in [5, 5.41) is 0. The molecule has 0 aliphatic heterocycles. The van der Waals surface area contributed by atoms with Crippen LogP contribution in [0.2, 0.25) is 0 Å². The third-order valence-electron chi connectivity index (χ3n) is 2.61. The van der Waals surface area contributed by atoms with E-state index in [9.17, 15) is 4.79 Å². The Morgan fingerprint density at radius 2 is 2.00 bits per heavy atom. The van der Waals surface area contributed by atoms with Gasteiger partial charge in [-0.15, -0.1) is 0 Å². The van der Waals surface area contributed by atoms with Crippen LogP contribution in [0, 0.1) is 0 Å². The lowest BCUT2D eigenvalue weighted by molar-refractivity contribution is -0.144. The van der Waals surface area contributed by atoms with Gasteiger partial charge in [-0.05, 0) is 33.1 Å². The monoisotopic (exact) mass is 212 g/mol. The molecule has 0 bridgehead atoms. The first-order valence-electron chi connectivity index (χ1n) is 5.99. The number of hydrogen-bond acceptors (Lipinski definition) is 2. The van der Waals surface area contributed by atoms with Crippen molar-refractivity contribution >= 4 is 5.97 Å². The quantitative estimate of drug-likeness (QED) is 0.364. The molecule has 2 heteroatoms. The van der Waals surface area contributed by atoms with E-state index in [4.69, 9.17) is 4.74 Å². The molecule has 0 aliphatic carbocycles. The van der Waals surface area contributed by atoms with Gasteiger partial charge in [0.2, 0.25) is 0 Å². The number of unbranched alkanes of at least 4 members (excludes halogenated alkanes) is 2. The van der Waals surface area contributed by atoms with E-state index in [-0.39, 0.29) is 12.1 Å². The lowest BCUT2D eigenvalue weighted by atomic mass is 10.1. The van der Waals surface area contributed by atoms with Crippen LogP contribution in [0.15, 0.2) is 11.6 Å². The van der Waals surface area contributed by atoms with Crippen molar-refractivity contribution in [1.29, 1.82) is 0 Å². The van der Waals surface area contributed by atoms with Crippen LogP contribution in [-0.2, 0) is 9.53 Å². The van der Waals surface area contributed by atoms with Crippen LogP contribution in [0.3, 0.4) is 0 Å². The van der Waals surface area contributed by atoms with Crippen molar-refractivity contribution in [2.45, 2.75) is 65.9 Å². The molecule has 0 heterocycles. The zero-order valence-corrected chi connectivity index (χ0v) is 10.5. The Bertz CT molecular complexity index is 207. The van der Waals surface area contributed by atoms with Gasteiger partial charge in [0.1, 0.15) is 6.10 Å². The number of allylic oxidation sites excluding steroid dienone is 1. The highest BCUT2D eigenvalue weighted by Crippen LogP contribution is 2.12. The number of carbonyl (C=O) groups is 1. The van der Waals surface area contributed by atoms with Gasteiger partial charge in [0.05, 0.1) is 0 Å². The summed E-state index contributed by atoms with van der Waals surface area (Å²) >= 11 is 0. The molecule has 0 spiro atoms. The maximum absolute atomic E-state index is 11.5. The van der Waals surface area contributed by atoms with Crippen molar-refractivity contribution in [1.82, 2.24) is 0 Å². The Morgan fingerprint density at radius 1 is 1.33 bits per heavy atom. The summed E-state index contributed by atoms with van der Waals surface area (Å²) in [7, 11) is 0. The lowest BCUT2D eigenvalue weighted by Crippen LogP contribution is -2.18. The number of hydrogen-bond donors (Lipinski definition) is 0. The summed E-state index contributed by atoms with van der Waals surface area (Å²) < 4.78 is 5.39. The van der Waals surface area contributed by atoms with Crippen molar-refractivity contribution in [3.8, 4) is 0 Å². The van der Waals surface area contributed by atoms with E-state index in [0.717, 1.165) is 19.3 Å². The summed E-state index contributed by atoms with van der Waals surface area (Å²) in [5.41, 5.74) is 0.698. The second-order valence-corrected chi connectivity index (χ2v) is 3.90. The van der Waals surface area contributed by atoms with Gasteiger partial charge in [-0.25, -0.2) is 4.79 Å². The van der Waals surface area contributed by atoms with E-state index in [1.54, 1.807) is 13.0 Å². The summed E-state index contributed by atoms with van der Waals surface area (Å²) in [5.74, 6) is -0.166. The average molecular weight is 212 g/mol. The summed E-state index contributed by atoms with van der Waals surface area (Å²) in [6, 6.07) is 0. The average Bonchev–Trinajstić information content (AvgIpc) is 2.26. The zero-order valence-electron chi connectivity index (χ0n) is 10.5. The summed E-state index contributed by atoms with van der Waals surface area (Å²) in [4.78, 5) is 11.5. The Balaban J connectivity index is 3.93. The van der Waals surface area contributed by atoms with E-state index in [0.29, 0.717) is 5.57 Å². The molecule has 88 valence electrons. The predicted octanol–water partition coefficient (Wildman–Crippen LogP) is 3.85. The molecule has 0 rings (SSSR count). The van der Waals surface area contributed by atoms with E-state index < -0.39 is 0 Å². The first kappa shape index (κ1) is 14.2. The first-order valence-corrected chi connectivity index (χ1v) is 5.99. The van der Waals surface area contributed by atoms with Crippen LogP contribution in [0.25, 0.3) is 0 Å². The van der Waals surface area contributed by atoms with E-state index >= 15 is 0 Å². The van der Waals surface area contributed by atoms with Crippen LogP contribution < -0.4 is 0 Å². The fraction of sp³-hybridized carbons (Fsp3) is 0.769. The molecule has 15 heavy (non-hydrogen) atoms. The van der Waals surface area contributed by atoms with E-state index in [2.05, 4.69) is 13.8 Å².